The number of fused-ring (bicyclic) bond motifs is 1. The van der Waals surface area contributed by atoms with Crippen LogP contribution in [0.2, 0.25) is 0 Å². The van der Waals surface area contributed by atoms with Crippen molar-refractivity contribution in [3.05, 3.63) is 65.2 Å². The lowest BCUT2D eigenvalue weighted by Gasteiger charge is -2.41. The number of carbonyl (C=O) groups excluding carboxylic acids is 1. The molecular formula is C21H27N3O4S. The van der Waals surface area contributed by atoms with Crippen LogP contribution >= 0.6 is 0 Å². The van der Waals surface area contributed by atoms with E-state index in [1.165, 1.54) is 42.5 Å². The summed E-state index contributed by atoms with van der Waals surface area (Å²) in [5.74, 6) is -0.237. The third kappa shape index (κ3) is 5.02. The van der Waals surface area contributed by atoms with Gasteiger partial charge in [-0.1, -0.05) is 29.2 Å². The second-order valence-electron chi connectivity index (χ2n) is 7.75. The molecule has 156 valence electrons. The van der Waals surface area contributed by atoms with Crippen LogP contribution in [-0.4, -0.2) is 45.0 Å². The SMILES string of the molecule is CONS(=O)(=O)c1ccc(C(=O)NCC(C)(C)N2CCc3ccccc3C2)cc1. The van der Waals surface area contributed by atoms with Gasteiger partial charge in [-0.2, -0.15) is 0 Å². The molecule has 3 rings (SSSR count). The Balaban J connectivity index is 1.61. The Kier molecular flexibility index (Phi) is 6.38. The van der Waals surface area contributed by atoms with Crippen LogP contribution in [0.25, 0.3) is 0 Å². The molecule has 1 aliphatic rings. The zero-order valence-corrected chi connectivity index (χ0v) is 17.8. The molecule has 29 heavy (non-hydrogen) atoms. The molecule has 1 aliphatic heterocycles. The number of hydrogen-bond acceptors (Lipinski definition) is 5. The summed E-state index contributed by atoms with van der Waals surface area (Å²) >= 11 is 0. The van der Waals surface area contributed by atoms with Crippen LogP contribution in [0.4, 0.5) is 0 Å². The van der Waals surface area contributed by atoms with E-state index in [2.05, 4.69) is 53.2 Å². The van der Waals surface area contributed by atoms with Crippen molar-refractivity contribution in [1.82, 2.24) is 15.1 Å². The van der Waals surface area contributed by atoms with E-state index in [4.69, 9.17) is 0 Å². The zero-order chi connectivity index (χ0) is 21.1. The average molecular weight is 418 g/mol. The lowest BCUT2D eigenvalue weighted by molar-refractivity contribution is 0.0826. The van der Waals surface area contributed by atoms with Crippen molar-refractivity contribution in [2.45, 2.75) is 37.2 Å². The van der Waals surface area contributed by atoms with Crippen molar-refractivity contribution >= 4 is 15.9 Å². The fraction of sp³-hybridized carbons (Fsp3) is 0.381. The predicted octanol–water partition coefficient (Wildman–Crippen LogP) is 2.09. The average Bonchev–Trinajstić information content (AvgIpc) is 2.72. The number of benzene rings is 2. The molecular weight excluding hydrogens is 390 g/mol. The highest BCUT2D eigenvalue weighted by molar-refractivity contribution is 7.89. The molecule has 1 heterocycles. The van der Waals surface area contributed by atoms with E-state index >= 15 is 0 Å². The van der Waals surface area contributed by atoms with Gasteiger partial charge in [-0.15, -0.1) is 0 Å². The van der Waals surface area contributed by atoms with Gasteiger partial charge >= 0.3 is 0 Å². The Morgan fingerprint density at radius 3 is 2.41 bits per heavy atom. The van der Waals surface area contributed by atoms with Crippen molar-refractivity contribution in [3.63, 3.8) is 0 Å². The van der Waals surface area contributed by atoms with Crippen molar-refractivity contribution < 1.29 is 18.0 Å². The lowest BCUT2D eigenvalue weighted by Crippen LogP contribution is -2.53. The second-order valence-corrected chi connectivity index (χ2v) is 9.40. The summed E-state index contributed by atoms with van der Waals surface area (Å²) in [5, 5.41) is 2.97. The van der Waals surface area contributed by atoms with E-state index < -0.39 is 10.0 Å². The molecule has 0 fully saturated rings. The van der Waals surface area contributed by atoms with Gasteiger partial charge in [0, 0.05) is 30.7 Å². The first-order valence-electron chi connectivity index (χ1n) is 9.48. The van der Waals surface area contributed by atoms with Gasteiger partial charge in [-0.25, -0.2) is 8.42 Å². The van der Waals surface area contributed by atoms with Crippen LogP contribution in [0, 0.1) is 0 Å². The van der Waals surface area contributed by atoms with E-state index in [1.54, 1.807) is 0 Å². The lowest BCUT2D eigenvalue weighted by atomic mass is 9.94. The minimum absolute atomic E-state index is 0.0308. The summed E-state index contributed by atoms with van der Waals surface area (Å²) in [6.07, 6.45) is 0.999. The van der Waals surface area contributed by atoms with Gasteiger partial charge in [0.1, 0.15) is 0 Å². The molecule has 8 heteroatoms. The second kappa shape index (κ2) is 8.62. The Morgan fingerprint density at radius 2 is 1.76 bits per heavy atom. The normalized spacial score (nSPS) is 15.0. The predicted molar refractivity (Wildman–Crippen MR) is 111 cm³/mol. The minimum Gasteiger partial charge on any atom is -0.350 e. The van der Waals surface area contributed by atoms with Crippen LogP contribution < -0.4 is 10.2 Å². The molecule has 0 saturated heterocycles. The summed E-state index contributed by atoms with van der Waals surface area (Å²) in [7, 11) is -2.51. The topological polar surface area (TPSA) is 87.7 Å². The van der Waals surface area contributed by atoms with Gasteiger partial charge in [0.25, 0.3) is 15.9 Å². The fourth-order valence-corrected chi connectivity index (χ4v) is 4.28. The Hall–Kier alpha value is -2.26. The molecule has 0 atom stereocenters. The highest BCUT2D eigenvalue weighted by atomic mass is 32.2. The molecule has 0 unspecified atom stereocenters. The molecule has 0 bridgehead atoms. The standard InChI is InChI=1S/C21H27N3O4S/c1-21(2,24-13-12-16-6-4-5-7-18(16)14-24)15-22-20(25)17-8-10-19(11-9-17)29(26,27)23-28-3/h4-11,23H,12-15H2,1-3H3,(H,22,25). The number of nitrogens with one attached hydrogen (secondary N) is 2. The highest BCUT2D eigenvalue weighted by Crippen LogP contribution is 2.25. The third-order valence-corrected chi connectivity index (χ3v) is 6.57. The molecule has 0 aromatic heterocycles. The first-order chi connectivity index (χ1) is 13.7. The third-order valence-electron chi connectivity index (χ3n) is 5.29. The van der Waals surface area contributed by atoms with Crippen LogP contribution in [0.1, 0.15) is 35.3 Å². The van der Waals surface area contributed by atoms with Crippen molar-refractivity contribution in [2.75, 3.05) is 20.2 Å². The quantitative estimate of drug-likeness (QED) is 0.674. The zero-order valence-electron chi connectivity index (χ0n) is 16.9. The maximum atomic E-state index is 12.5. The van der Waals surface area contributed by atoms with E-state index in [9.17, 15) is 13.2 Å². The monoisotopic (exact) mass is 417 g/mol. The molecule has 0 aliphatic carbocycles. The molecule has 0 saturated carbocycles. The van der Waals surface area contributed by atoms with Gasteiger partial charge in [-0.05, 0) is 55.7 Å². The smallest absolute Gasteiger partial charge is 0.262 e. The van der Waals surface area contributed by atoms with Crippen molar-refractivity contribution in [3.8, 4) is 0 Å². The van der Waals surface area contributed by atoms with Gasteiger partial charge in [0.05, 0.1) is 12.0 Å². The highest BCUT2D eigenvalue weighted by Gasteiger charge is 2.30. The van der Waals surface area contributed by atoms with Crippen LogP contribution in [0.3, 0.4) is 0 Å². The molecule has 2 N–H and O–H groups in total. The van der Waals surface area contributed by atoms with E-state index in [0.717, 1.165) is 19.5 Å². The van der Waals surface area contributed by atoms with Crippen molar-refractivity contribution in [2.24, 2.45) is 0 Å². The Labute approximate surface area is 172 Å². The number of nitrogens with zero attached hydrogens (tertiary/aromatic N) is 1. The Bertz CT molecular complexity index is 972. The first kappa shape index (κ1) is 21.4. The number of rotatable bonds is 7. The molecule has 7 nitrogen and oxygen atoms in total. The number of amides is 1. The molecule has 0 spiro atoms. The van der Waals surface area contributed by atoms with E-state index in [1.807, 2.05) is 4.89 Å². The molecule has 0 radical (unpaired) electrons. The largest absolute Gasteiger partial charge is 0.350 e. The Morgan fingerprint density at radius 1 is 1.10 bits per heavy atom. The van der Waals surface area contributed by atoms with Gasteiger partial charge in [0.2, 0.25) is 0 Å². The summed E-state index contributed by atoms with van der Waals surface area (Å²) in [5.41, 5.74) is 2.91. The fourth-order valence-electron chi connectivity index (χ4n) is 3.47. The molecule has 2 aromatic rings. The molecule has 2 aromatic carbocycles. The van der Waals surface area contributed by atoms with Gasteiger partial charge in [-0.3, -0.25) is 14.5 Å². The van der Waals surface area contributed by atoms with Crippen LogP contribution in [-0.2, 0) is 27.8 Å². The summed E-state index contributed by atoms with van der Waals surface area (Å²) in [6, 6.07) is 14.2. The maximum absolute atomic E-state index is 12.5. The number of hydrogen-bond donors (Lipinski definition) is 2. The summed E-state index contributed by atoms with van der Waals surface area (Å²) in [4.78, 5) is 21.4. The number of carbonyl (C=O) groups is 1. The van der Waals surface area contributed by atoms with Gasteiger partial charge < -0.3 is 5.32 Å². The summed E-state index contributed by atoms with van der Waals surface area (Å²) < 4.78 is 23.8. The van der Waals surface area contributed by atoms with Crippen LogP contribution in [0.15, 0.2) is 53.4 Å². The minimum atomic E-state index is -3.74. The van der Waals surface area contributed by atoms with Crippen LogP contribution in [0.5, 0.6) is 0 Å². The summed E-state index contributed by atoms with van der Waals surface area (Å²) in [6.45, 7) is 6.52. The first-order valence-corrected chi connectivity index (χ1v) is 11.0. The maximum Gasteiger partial charge on any atom is 0.262 e. The molecule has 1 amide bonds. The number of sulfonamides is 1. The van der Waals surface area contributed by atoms with E-state index in [-0.39, 0.29) is 16.3 Å². The van der Waals surface area contributed by atoms with Gasteiger partial charge in [0.15, 0.2) is 0 Å². The van der Waals surface area contributed by atoms with E-state index in [0.29, 0.717) is 12.1 Å². The van der Waals surface area contributed by atoms with Crippen molar-refractivity contribution in [1.29, 1.82) is 0 Å².